The van der Waals surface area contributed by atoms with Gasteiger partial charge in [-0.2, -0.15) is 0 Å². The van der Waals surface area contributed by atoms with E-state index in [9.17, 15) is 10.1 Å². The summed E-state index contributed by atoms with van der Waals surface area (Å²) in [6, 6.07) is 0. The molecule has 1 aromatic heterocycles. The zero-order valence-corrected chi connectivity index (χ0v) is 9.58. The average molecular weight is 261 g/mol. The smallest absolute Gasteiger partial charge is 0.345 e. The van der Waals surface area contributed by atoms with Crippen LogP contribution in [0.1, 0.15) is 11.3 Å². The normalized spacial score (nSPS) is 10.0. The number of hydrogen-bond acceptors (Lipinski definition) is 4. The van der Waals surface area contributed by atoms with E-state index in [-0.39, 0.29) is 11.6 Å². The summed E-state index contributed by atoms with van der Waals surface area (Å²) in [4.78, 5) is 14.2. The second-order valence-electron chi connectivity index (χ2n) is 2.75. The third kappa shape index (κ3) is 1.70. The van der Waals surface area contributed by atoms with E-state index < -0.39 is 4.92 Å². The van der Waals surface area contributed by atoms with Gasteiger partial charge in [0.2, 0.25) is 0 Å². The Hall–Kier alpha value is -1.17. The summed E-state index contributed by atoms with van der Waals surface area (Å²) in [6.45, 7) is 3.53. The number of ether oxygens (including phenoxy) is 1. The van der Waals surface area contributed by atoms with E-state index in [0.717, 1.165) is 5.56 Å². The van der Waals surface area contributed by atoms with E-state index in [1.807, 2.05) is 0 Å². The van der Waals surface area contributed by atoms with Crippen LogP contribution < -0.4 is 4.74 Å². The van der Waals surface area contributed by atoms with Gasteiger partial charge in [-0.05, 0) is 35.3 Å². The lowest BCUT2D eigenvalue weighted by Gasteiger charge is -2.06. The molecule has 0 atom stereocenters. The van der Waals surface area contributed by atoms with Gasteiger partial charge in [-0.25, -0.2) is 4.98 Å². The fourth-order valence-electron chi connectivity index (χ4n) is 1.02. The minimum atomic E-state index is -0.512. The van der Waals surface area contributed by atoms with Crippen LogP contribution in [0.5, 0.6) is 5.88 Å². The number of nitrogens with zero attached hydrogens (tertiary/aromatic N) is 2. The predicted octanol–water partition coefficient (Wildman–Crippen LogP) is 2.38. The van der Waals surface area contributed by atoms with E-state index in [1.165, 1.54) is 7.11 Å². The maximum atomic E-state index is 10.7. The Morgan fingerprint density at radius 2 is 2.07 bits per heavy atom. The lowest BCUT2D eigenvalue weighted by molar-refractivity contribution is -0.387. The Bertz CT molecular complexity index is 393. The van der Waals surface area contributed by atoms with Crippen molar-refractivity contribution in [1.29, 1.82) is 0 Å². The van der Waals surface area contributed by atoms with Gasteiger partial charge < -0.3 is 4.74 Å². The van der Waals surface area contributed by atoms with Crippen LogP contribution in [0.25, 0.3) is 0 Å². The van der Waals surface area contributed by atoms with Crippen molar-refractivity contribution in [3.63, 3.8) is 0 Å². The minimum Gasteiger partial charge on any atom is -0.476 e. The Labute approximate surface area is 89.4 Å². The molecule has 1 aromatic rings. The molecule has 0 aliphatic rings. The summed E-state index contributed by atoms with van der Waals surface area (Å²) in [5.74, 6) is 0.0324. The van der Waals surface area contributed by atoms with Crippen LogP contribution in [0, 0.1) is 24.0 Å². The molecule has 0 amide bonds. The molecular formula is C8H9BrN2O3. The standard InChI is InChI=1S/C8H9BrN2O3/c1-4-5(2)10-8(14-3)7(6(4)9)11(12)13/h1-3H3. The molecule has 0 fully saturated rings. The quantitative estimate of drug-likeness (QED) is 0.605. The van der Waals surface area contributed by atoms with Crippen LogP contribution in [0.3, 0.4) is 0 Å². The Balaban J connectivity index is 3.53. The highest BCUT2D eigenvalue weighted by Crippen LogP contribution is 2.36. The van der Waals surface area contributed by atoms with Crippen LogP contribution in [-0.4, -0.2) is 17.0 Å². The number of nitro groups is 1. The van der Waals surface area contributed by atoms with Crippen molar-refractivity contribution >= 4 is 21.6 Å². The number of aromatic nitrogens is 1. The zero-order chi connectivity index (χ0) is 10.9. The van der Waals surface area contributed by atoms with Crippen molar-refractivity contribution < 1.29 is 9.66 Å². The van der Waals surface area contributed by atoms with E-state index in [0.29, 0.717) is 10.2 Å². The molecule has 6 heteroatoms. The lowest BCUT2D eigenvalue weighted by Crippen LogP contribution is -2.01. The molecule has 0 saturated heterocycles. The van der Waals surface area contributed by atoms with E-state index in [1.54, 1.807) is 13.8 Å². The number of halogens is 1. The second-order valence-corrected chi connectivity index (χ2v) is 3.54. The van der Waals surface area contributed by atoms with Gasteiger partial charge in [0.05, 0.1) is 12.0 Å². The number of pyridine rings is 1. The van der Waals surface area contributed by atoms with Gasteiger partial charge in [-0.15, -0.1) is 0 Å². The SMILES string of the molecule is COc1nc(C)c(C)c(Br)c1[N+](=O)[O-]. The third-order valence-corrected chi connectivity index (χ3v) is 2.90. The first-order valence-electron chi connectivity index (χ1n) is 3.84. The molecule has 0 aliphatic heterocycles. The molecule has 0 aromatic carbocycles. The Morgan fingerprint density at radius 1 is 1.50 bits per heavy atom. The van der Waals surface area contributed by atoms with Crippen molar-refractivity contribution in [2.24, 2.45) is 0 Å². The molecule has 0 unspecified atom stereocenters. The summed E-state index contributed by atoms with van der Waals surface area (Å²) in [7, 11) is 1.36. The molecule has 0 aliphatic carbocycles. The lowest BCUT2D eigenvalue weighted by atomic mass is 10.2. The first kappa shape index (κ1) is 10.9. The molecular weight excluding hydrogens is 252 g/mol. The minimum absolute atomic E-state index is 0.0324. The van der Waals surface area contributed by atoms with E-state index in [4.69, 9.17) is 4.74 Å². The molecule has 5 nitrogen and oxygen atoms in total. The maximum absolute atomic E-state index is 10.7. The van der Waals surface area contributed by atoms with Crippen molar-refractivity contribution in [1.82, 2.24) is 4.98 Å². The molecule has 0 bridgehead atoms. The fourth-order valence-corrected chi connectivity index (χ4v) is 1.62. The predicted molar refractivity (Wildman–Crippen MR) is 54.6 cm³/mol. The van der Waals surface area contributed by atoms with Crippen LogP contribution in [-0.2, 0) is 0 Å². The molecule has 0 spiro atoms. The van der Waals surface area contributed by atoms with E-state index >= 15 is 0 Å². The van der Waals surface area contributed by atoms with Gasteiger partial charge in [-0.1, -0.05) is 0 Å². The summed E-state index contributed by atoms with van der Waals surface area (Å²) < 4.78 is 5.26. The van der Waals surface area contributed by atoms with Crippen LogP contribution >= 0.6 is 15.9 Å². The number of rotatable bonds is 2. The monoisotopic (exact) mass is 260 g/mol. The highest BCUT2D eigenvalue weighted by atomic mass is 79.9. The number of methoxy groups -OCH3 is 1. The van der Waals surface area contributed by atoms with Crippen LogP contribution in [0.2, 0.25) is 0 Å². The first-order valence-corrected chi connectivity index (χ1v) is 4.63. The molecule has 1 heterocycles. The third-order valence-electron chi connectivity index (χ3n) is 1.93. The molecule has 0 saturated carbocycles. The molecule has 0 N–H and O–H groups in total. The van der Waals surface area contributed by atoms with Crippen LogP contribution in [0.4, 0.5) is 5.69 Å². The highest BCUT2D eigenvalue weighted by Gasteiger charge is 2.24. The van der Waals surface area contributed by atoms with Gasteiger partial charge >= 0.3 is 5.69 Å². The summed E-state index contributed by atoms with van der Waals surface area (Å²) in [5, 5.41) is 10.7. The second kappa shape index (κ2) is 3.91. The Morgan fingerprint density at radius 3 is 2.50 bits per heavy atom. The Kier molecular flexibility index (Phi) is 3.05. The summed E-state index contributed by atoms with van der Waals surface area (Å²) >= 11 is 3.16. The van der Waals surface area contributed by atoms with Crippen molar-refractivity contribution in [2.45, 2.75) is 13.8 Å². The fraction of sp³-hybridized carbons (Fsp3) is 0.375. The summed E-state index contributed by atoms with van der Waals surface area (Å²) in [6.07, 6.45) is 0. The van der Waals surface area contributed by atoms with Crippen molar-refractivity contribution in [3.8, 4) is 5.88 Å². The topological polar surface area (TPSA) is 65.3 Å². The molecule has 14 heavy (non-hydrogen) atoms. The zero-order valence-electron chi connectivity index (χ0n) is 8.00. The number of aryl methyl sites for hydroxylation is 1. The van der Waals surface area contributed by atoms with Crippen molar-refractivity contribution in [3.05, 3.63) is 25.8 Å². The molecule has 1 rings (SSSR count). The van der Waals surface area contributed by atoms with Gasteiger partial charge in [0.25, 0.3) is 5.88 Å². The maximum Gasteiger partial charge on any atom is 0.345 e. The van der Waals surface area contributed by atoms with Gasteiger partial charge in [0, 0.05) is 5.69 Å². The summed E-state index contributed by atoms with van der Waals surface area (Å²) in [5.41, 5.74) is 1.33. The first-order chi connectivity index (χ1) is 6.49. The van der Waals surface area contributed by atoms with E-state index in [2.05, 4.69) is 20.9 Å². The average Bonchev–Trinajstić information content (AvgIpc) is 2.12. The number of hydrogen-bond donors (Lipinski definition) is 0. The highest BCUT2D eigenvalue weighted by molar-refractivity contribution is 9.10. The van der Waals surface area contributed by atoms with Gasteiger partial charge in [-0.3, -0.25) is 10.1 Å². The van der Waals surface area contributed by atoms with Gasteiger partial charge in [0.15, 0.2) is 0 Å². The molecule has 0 radical (unpaired) electrons. The van der Waals surface area contributed by atoms with Crippen LogP contribution in [0.15, 0.2) is 4.47 Å². The largest absolute Gasteiger partial charge is 0.476 e. The van der Waals surface area contributed by atoms with Crippen molar-refractivity contribution in [2.75, 3.05) is 7.11 Å². The molecule has 76 valence electrons. The van der Waals surface area contributed by atoms with Gasteiger partial charge in [0.1, 0.15) is 4.47 Å².